The van der Waals surface area contributed by atoms with Crippen molar-refractivity contribution in [2.75, 3.05) is 41.7 Å². The van der Waals surface area contributed by atoms with Crippen LogP contribution in [0.2, 0.25) is 0 Å². The van der Waals surface area contributed by atoms with Crippen molar-refractivity contribution < 1.29 is 32.8 Å². The van der Waals surface area contributed by atoms with Crippen LogP contribution < -0.4 is 20.9 Å². The van der Waals surface area contributed by atoms with E-state index in [1.165, 1.54) is 12.1 Å². The Balaban J connectivity index is 0.850. The van der Waals surface area contributed by atoms with E-state index in [1.54, 1.807) is 24.4 Å². The van der Waals surface area contributed by atoms with Gasteiger partial charge in [-0.05, 0) is 50.5 Å². The van der Waals surface area contributed by atoms with Crippen molar-refractivity contribution in [1.82, 2.24) is 45.1 Å². The van der Waals surface area contributed by atoms with Crippen molar-refractivity contribution in [1.29, 1.82) is 0 Å². The van der Waals surface area contributed by atoms with E-state index in [1.807, 2.05) is 27.5 Å². The number of anilines is 4. The molecule has 9 rings (SSSR count). The van der Waals surface area contributed by atoms with Crippen LogP contribution in [0.4, 0.5) is 32.1 Å². The highest BCUT2D eigenvalue weighted by Crippen LogP contribution is 2.35. The third-order valence-corrected chi connectivity index (χ3v) is 11.0. The lowest BCUT2D eigenvalue weighted by Gasteiger charge is -2.43. The standard InChI is InChI=1S/C38H36F2N12O5/c1-19-12-30(48-47-19)43-32-27-16-42-52(33(27)46-38(45-32)41-15-20-2-3-22(39)13-28(20)40)23-8-10-49(11-9-23)35(55)21-17-50(18-21)24-4-5-25-26(14-24)37(57)51(36(25)56)29-6-7-31(53)44-34(29)54/h2-5,12-14,16,21,23,29H,6-11,15,17-18H2,1H3,(H,44,53,54)(H3,41,43,45,46,47,48). The smallest absolute Gasteiger partial charge is 0.262 e. The van der Waals surface area contributed by atoms with Gasteiger partial charge >= 0.3 is 0 Å². The van der Waals surface area contributed by atoms with Crippen LogP contribution in [0.1, 0.15) is 63.7 Å². The lowest BCUT2D eigenvalue weighted by Crippen LogP contribution is -2.55. The van der Waals surface area contributed by atoms with Crippen molar-refractivity contribution in [2.45, 2.75) is 51.2 Å². The molecule has 4 N–H and O–H groups in total. The minimum Gasteiger partial charge on any atom is -0.370 e. The van der Waals surface area contributed by atoms with Gasteiger partial charge in [-0.3, -0.25) is 39.3 Å². The Morgan fingerprint density at radius 2 is 1.74 bits per heavy atom. The zero-order valence-electron chi connectivity index (χ0n) is 30.6. The number of aromatic nitrogens is 6. The topological polar surface area (TPSA) is 203 Å². The molecule has 2 aromatic carbocycles. The second-order valence-electron chi connectivity index (χ2n) is 14.7. The first-order chi connectivity index (χ1) is 27.5. The number of fused-ring (bicyclic) bond motifs is 2. The molecule has 19 heteroatoms. The fraction of sp³-hybridized carbons (Fsp3) is 0.342. The number of carbonyl (C=O) groups is 5. The van der Waals surface area contributed by atoms with Crippen LogP contribution in [-0.2, 0) is 20.9 Å². The molecule has 1 atom stereocenters. The molecule has 17 nitrogen and oxygen atoms in total. The van der Waals surface area contributed by atoms with Crippen molar-refractivity contribution in [3.05, 3.63) is 82.7 Å². The summed E-state index contributed by atoms with van der Waals surface area (Å²) in [6.07, 6.45) is 3.04. The van der Waals surface area contributed by atoms with Gasteiger partial charge in [-0.1, -0.05) is 6.07 Å². The Morgan fingerprint density at radius 3 is 2.47 bits per heavy atom. The Labute approximate surface area is 322 Å². The van der Waals surface area contributed by atoms with E-state index in [9.17, 15) is 32.8 Å². The summed E-state index contributed by atoms with van der Waals surface area (Å²) in [5.41, 5.74) is 2.72. The maximum atomic E-state index is 14.4. The van der Waals surface area contributed by atoms with Gasteiger partial charge < -0.3 is 20.4 Å². The van der Waals surface area contributed by atoms with Gasteiger partial charge in [-0.2, -0.15) is 20.2 Å². The number of nitrogens with zero attached hydrogens (tertiary/aromatic N) is 8. The Morgan fingerprint density at radius 1 is 0.947 bits per heavy atom. The van der Waals surface area contributed by atoms with Crippen molar-refractivity contribution in [3.63, 3.8) is 0 Å². The number of aromatic amines is 1. The number of carbonyl (C=O) groups excluding carboxylic acids is 5. The van der Waals surface area contributed by atoms with E-state index in [0.29, 0.717) is 67.4 Å². The van der Waals surface area contributed by atoms with Gasteiger partial charge in [-0.25, -0.2) is 13.5 Å². The lowest BCUT2D eigenvalue weighted by molar-refractivity contribution is -0.138. The molecular weight excluding hydrogens is 742 g/mol. The molecule has 3 saturated heterocycles. The molecule has 5 aromatic rings. The quantitative estimate of drug-likeness (QED) is 0.160. The molecule has 57 heavy (non-hydrogen) atoms. The summed E-state index contributed by atoms with van der Waals surface area (Å²) in [6.45, 7) is 3.78. The van der Waals surface area contributed by atoms with Crippen molar-refractivity contribution in [3.8, 4) is 0 Å². The summed E-state index contributed by atoms with van der Waals surface area (Å²) in [4.78, 5) is 78.2. The summed E-state index contributed by atoms with van der Waals surface area (Å²) in [5, 5.41) is 20.9. The zero-order valence-corrected chi connectivity index (χ0v) is 30.6. The molecule has 4 aliphatic rings. The van der Waals surface area contributed by atoms with Crippen LogP contribution in [0.3, 0.4) is 0 Å². The molecule has 292 valence electrons. The number of benzene rings is 2. The predicted octanol–water partition coefficient (Wildman–Crippen LogP) is 3.19. The SMILES string of the molecule is Cc1cc(Nc2nc(NCc3ccc(F)cc3F)nc3c2cnn3C2CCN(C(=O)C3CN(c4ccc5c(c4)C(=O)N(C4CCC(=O)NC4=O)C5=O)C3)CC2)n[nH]1. The van der Waals surface area contributed by atoms with Gasteiger partial charge in [0.15, 0.2) is 11.5 Å². The summed E-state index contributed by atoms with van der Waals surface area (Å²) < 4.78 is 29.7. The average Bonchev–Trinajstić information content (AvgIpc) is 3.86. The van der Waals surface area contributed by atoms with Gasteiger partial charge in [-0.15, -0.1) is 0 Å². The number of nitrogens with one attached hydrogen (secondary N) is 4. The molecule has 0 bridgehead atoms. The number of rotatable bonds is 9. The number of imide groups is 2. The molecule has 0 aliphatic carbocycles. The molecule has 1 unspecified atom stereocenters. The maximum Gasteiger partial charge on any atom is 0.262 e. The first-order valence-electron chi connectivity index (χ1n) is 18.6. The van der Waals surface area contributed by atoms with Crippen molar-refractivity contribution in [2.24, 2.45) is 5.92 Å². The Kier molecular flexibility index (Phi) is 8.85. The first-order valence-corrected chi connectivity index (χ1v) is 18.6. The summed E-state index contributed by atoms with van der Waals surface area (Å²) >= 11 is 0. The van der Waals surface area contributed by atoms with Gasteiger partial charge in [0, 0.05) is 68.2 Å². The molecular formula is C38H36F2N12O5. The van der Waals surface area contributed by atoms with Crippen LogP contribution in [0.5, 0.6) is 0 Å². The normalized spacial score (nSPS) is 18.9. The van der Waals surface area contributed by atoms with Gasteiger partial charge in [0.2, 0.25) is 23.7 Å². The fourth-order valence-corrected chi connectivity index (χ4v) is 7.90. The average molecular weight is 779 g/mol. The molecule has 0 spiro atoms. The number of H-pyrrole nitrogens is 1. The number of hydrogen-bond donors (Lipinski definition) is 4. The number of likely N-dealkylation sites (tertiary alicyclic amines) is 1. The predicted molar refractivity (Wildman–Crippen MR) is 199 cm³/mol. The molecule has 5 amide bonds. The molecule has 3 aromatic heterocycles. The molecule has 4 aliphatic heterocycles. The molecule has 0 radical (unpaired) electrons. The van der Waals surface area contributed by atoms with Gasteiger partial charge in [0.05, 0.1) is 34.7 Å². The van der Waals surface area contributed by atoms with Crippen LogP contribution in [0.25, 0.3) is 11.0 Å². The second-order valence-corrected chi connectivity index (χ2v) is 14.7. The molecule has 0 saturated carbocycles. The Hall–Kier alpha value is -6.79. The number of piperidine rings is 2. The maximum absolute atomic E-state index is 14.4. The van der Waals surface area contributed by atoms with Crippen molar-refractivity contribution >= 4 is 63.8 Å². The third-order valence-electron chi connectivity index (χ3n) is 11.0. The molecule has 7 heterocycles. The van der Waals surface area contributed by atoms with E-state index < -0.39 is 41.3 Å². The number of aryl methyl sites for hydroxylation is 1. The highest BCUT2D eigenvalue weighted by atomic mass is 19.1. The summed E-state index contributed by atoms with van der Waals surface area (Å²) in [7, 11) is 0. The van der Waals surface area contributed by atoms with Gasteiger partial charge in [0.25, 0.3) is 11.8 Å². The largest absolute Gasteiger partial charge is 0.370 e. The van der Waals surface area contributed by atoms with Crippen LogP contribution in [0, 0.1) is 24.5 Å². The minimum absolute atomic E-state index is 0.0131. The third kappa shape index (κ3) is 6.57. The highest BCUT2D eigenvalue weighted by molar-refractivity contribution is 6.23. The minimum atomic E-state index is -1.04. The number of hydrogen-bond acceptors (Lipinski definition) is 12. The van der Waals surface area contributed by atoms with E-state index in [-0.39, 0.29) is 59.9 Å². The Bertz CT molecular complexity index is 2490. The summed E-state index contributed by atoms with van der Waals surface area (Å²) in [5.74, 6) is -2.63. The first kappa shape index (κ1) is 35.9. The molecule has 3 fully saturated rings. The summed E-state index contributed by atoms with van der Waals surface area (Å²) in [6, 6.07) is 9.01. The van der Waals surface area contributed by atoms with Crippen LogP contribution in [-0.4, -0.2) is 102 Å². The number of halogens is 2. The second kappa shape index (κ2) is 14.1. The van der Waals surface area contributed by atoms with Crippen LogP contribution in [0.15, 0.2) is 48.7 Å². The fourth-order valence-electron chi connectivity index (χ4n) is 7.90. The van der Waals surface area contributed by atoms with Gasteiger partial charge in [0.1, 0.15) is 23.5 Å². The van der Waals surface area contributed by atoms with Crippen LogP contribution >= 0.6 is 0 Å². The zero-order chi connectivity index (χ0) is 39.5. The number of amides is 5. The highest BCUT2D eigenvalue weighted by Gasteiger charge is 2.45. The monoisotopic (exact) mass is 778 g/mol. The lowest BCUT2D eigenvalue weighted by atomic mass is 9.95. The van der Waals surface area contributed by atoms with E-state index in [4.69, 9.17) is 4.98 Å². The van der Waals surface area contributed by atoms with E-state index in [0.717, 1.165) is 16.7 Å². The van der Waals surface area contributed by atoms with E-state index >= 15 is 0 Å². The van der Waals surface area contributed by atoms with E-state index in [2.05, 4.69) is 36.2 Å².